The molecular formula is C18H14N2O4S. The molecule has 2 N–H and O–H groups in total. The Kier molecular flexibility index (Phi) is 4.60. The van der Waals surface area contributed by atoms with E-state index >= 15 is 0 Å². The fourth-order valence-corrected chi connectivity index (χ4v) is 3.57. The minimum absolute atomic E-state index is 0.0413. The number of sulfone groups is 1. The molecule has 3 rings (SSSR count). The van der Waals surface area contributed by atoms with Gasteiger partial charge in [0.05, 0.1) is 10.4 Å². The van der Waals surface area contributed by atoms with Crippen LogP contribution in [0.4, 0.5) is 0 Å². The van der Waals surface area contributed by atoms with Gasteiger partial charge in [-0.15, -0.1) is 0 Å². The van der Waals surface area contributed by atoms with Crippen molar-refractivity contribution in [1.82, 2.24) is 10.5 Å². The summed E-state index contributed by atoms with van der Waals surface area (Å²) in [6.45, 7) is 0. The van der Waals surface area contributed by atoms with Crippen molar-refractivity contribution in [3.63, 3.8) is 0 Å². The summed E-state index contributed by atoms with van der Waals surface area (Å²) in [5.41, 5.74) is 2.57. The minimum Gasteiger partial charge on any atom is -0.288 e. The van der Waals surface area contributed by atoms with E-state index in [-0.39, 0.29) is 9.92 Å². The largest absolute Gasteiger partial charge is 0.288 e. The first-order chi connectivity index (χ1) is 12.0. The van der Waals surface area contributed by atoms with Gasteiger partial charge in [-0.2, -0.15) is 0 Å². The summed E-state index contributed by atoms with van der Waals surface area (Å²) in [6, 6.07) is 16.6. The lowest BCUT2D eigenvalue weighted by Gasteiger charge is -2.06. The maximum atomic E-state index is 12.8. The molecule has 0 aliphatic carbocycles. The number of hydrogen-bond acceptors (Lipinski definition) is 5. The average Bonchev–Trinajstić information content (AvgIpc) is 2.65. The Morgan fingerprint density at radius 3 is 2.64 bits per heavy atom. The van der Waals surface area contributed by atoms with Crippen molar-refractivity contribution in [2.75, 3.05) is 0 Å². The second-order valence-corrected chi connectivity index (χ2v) is 7.12. The summed E-state index contributed by atoms with van der Waals surface area (Å²) in [5, 5.41) is 9.29. The van der Waals surface area contributed by atoms with Crippen molar-refractivity contribution >= 4 is 32.7 Å². The van der Waals surface area contributed by atoms with Gasteiger partial charge in [0.2, 0.25) is 9.84 Å². The molecule has 126 valence electrons. The average molecular weight is 354 g/mol. The third-order valence-corrected chi connectivity index (χ3v) is 5.21. The van der Waals surface area contributed by atoms with Crippen LogP contribution in [0.3, 0.4) is 0 Å². The van der Waals surface area contributed by atoms with Crippen LogP contribution in [-0.4, -0.2) is 24.5 Å². The van der Waals surface area contributed by atoms with Gasteiger partial charge in [-0.3, -0.25) is 10.0 Å². The monoisotopic (exact) mass is 354 g/mol. The first kappa shape index (κ1) is 16.8. The standard InChI is InChI=1S/C18H14N2O4S/c21-17(20-22)10-8-13-4-3-6-15(12-13)25(23,24)18-11-9-14-5-1-2-7-16(14)19-18/h1-12,22H,(H,20,21)/b10-8+. The smallest absolute Gasteiger partial charge is 0.267 e. The summed E-state index contributed by atoms with van der Waals surface area (Å²) in [5.74, 6) is -0.704. The molecule has 0 saturated heterocycles. The van der Waals surface area contributed by atoms with E-state index in [4.69, 9.17) is 5.21 Å². The first-order valence-corrected chi connectivity index (χ1v) is 8.82. The third-order valence-electron chi connectivity index (χ3n) is 3.55. The minimum atomic E-state index is -3.79. The fraction of sp³-hybridized carbons (Fsp3) is 0. The molecule has 0 radical (unpaired) electrons. The lowest BCUT2D eigenvalue weighted by molar-refractivity contribution is -0.124. The van der Waals surface area contributed by atoms with Crippen LogP contribution in [0.2, 0.25) is 0 Å². The number of benzene rings is 2. The lowest BCUT2D eigenvalue weighted by Crippen LogP contribution is -2.14. The van der Waals surface area contributed by atoms with Gasteiger partial charge in [0, 0.05) is 11.5 Å². The molecule has 0 spiro atoms. The number of hydrogen-bond donors (Lipinski definition) is 2. The molecule has 25 heavy (non-hydrogen) atoms. The number of fused-ring (bicyclic) bond motifs is 1. The molecule has 6 nitrogen and oxygen atoms in total. The SMILES string of the molecule is O=C(/C=C/c1cccc(S(=O)(=O)c2ccc3ccccc3n2)c1)NO. The van der Waals surface area contributed by atoms with E-state index < -0.39 is 15.7 Å². The van der Waals surface area contributed by atoms with Gasteiger partial charge in [0.25, 0.3) is 5.91 Å². The third kappa shape index (κ3) is 3.57. The Morgan fingerprint density at radius 1 is 1.04 bits per heavy atom. The molecule has 0 atom stereocenters. The van der Waals surface area contributed by atoms with Crippen LogP contribution in [0.15, 0.2) is 76.7 Å². The van der Waals surface area contributed by atoms with Gasteiger partial charge < -0.3 is 0 Å². The van der Waals surface area contributed by atoms with Crippen molar-refractivity contribution < 1.29 is 18.4 Å². The number of aromatic nitrogens is 1. The number of amides is 1. The van der Waals surface area contributed by atoms with Gasteiger partial charge in [-0.25, -0.2) is 18.9 Å². The van der Waals surface area contributed by atoms with Gasteiger partial charge in [0.1, 0.15) is 0 Å². The van der Waals surface area contributed by atoms with Gasteiger partial charge in [-0.05, 0) is 42.0 Å². The van der Waals surface area contributed by atoms with Crippen LogP contribution in [0.5, 0.6) is 0 Å². The highest BCUT2D eigenvalue weighted by Crippen LogP contribution is 2.23. The number of hydroxylamine groups is 1. The van der Waals surface area contributed by atoms with E-state index in [0.29, 0.717) is 11.1 Å². The Hall–Kier alpha value is -3.03. The van der Waals surface area contributed by atoms with Crippen molar-refractivity contribution in [3.8, 4) is 0 Å². The molecule has 1 aromatic heterocycles. The van der Waals surface area contributed by atoms with Crippen LogP contribution in [-0.2, 0) is 14.6 Å². The summed E-state index contributed by atoms with van der Waals surface area (Å²) in [7, 11) is -3.79. The van der Waals surface area contributed by atoms with E-state index in [1.165, 1.54) is 29.8 Å². The van der Waals surface area contributed by atoms with E-state index in [1.54, 1.807) is 30.3 Å². The number of pyridine rings is 1. The van der Waals surface area contributed by atoms with Gasteiger partial charge in [0.15, 0.2) is 5.03 Å². The number of rotatable bonds is 4. The molecular weight excluding hydrogens is 340 g/mol. The molecule has 0 unspecified atom stereocenters. The highest BCUT2D eigenvalue weighted by molar-refractivity contribution is 7.91. The van der Waals surface area contributed by atoms with Crippen molar-refractivity contribution in [2.45, 2.75) is 9.92 Å². The highest BCUT2D eigenvalue weighted by atomic mass is 32.2. The summed E-state index contributed by atoms with van der Waals surface area (Å²) < 4.78 is 25.6. The zero-order chi connectivity index (χ0) is 17.9. The molecule has 1 heterocycles. The topological polar surface area (TPSA) is 96.4 Å². The Bertz CT molecular complexity index is 1080. The molecule has 7 heteroatoms. The predicted molar refractivity (Wildman–Crippen MR) is 92.6 cm³/mol. The van der Waals surface area contributed by atoms with E-state index in [0.717, 1.165) is 11.5 Å². The maximum absolute atomic E-state index is 12.8. The van der Waals surface area contributed by atoms with Crippen LogP contribution in [0, 0.1) is 0 Å². The van der Waals surface area contributed by atoms with E-state index in [2.05, 4.69) is 4.98 Å². The zero-order valence-corrected chi connectivity index (χ0v) is 13.8. The molecule has 0 aliphatic rings. The fourth-order valence-electron chi connectivity index (χ4n) is 2.31. The number of carbonyl (C=O) groups excluding carboxylic acids is 1. The number of carbonyl (C=O) groups is 1. The van der Waals surface area contributed by atoms with E-state index in [1.807, 2.05) is 12.1 Å². The molecule has 0 saturated carbocycles. The summed E-state index contributed by atoms with van der Waals surface area (Å²) >= 11 is 0. The van der Waals surface area contributed by atoms with Crippen molar-refractivity contribution in [3.05, 3.63) is 72.3 Å². The van der Waals surface area contributed by atoms with Crippen molar-refractivity contribution in [2.24, 2.45) is 0 Å². The second kappa shape index (κ2) is 6.84. The molecule has 0 aliphatic heterocycles. The summed E-state index contributed by atoms with van der Waals surface area (Å²) in [4.78, 5) is 15.3. The van der Waals surface area contributed by atoms with Crippen LogP contribution in [0.1, 0.15) is 5.56 Å². The zero-order valence-electron chi connectivity index (χ0n) is 13.0. The Balaban J connectivity index is 2.01. The van der Waals surface area contributed by atoms with Crippen LogP contribution >= 0.6 is 0 Å². The Morgan fingerprint density at radius 2 is 1.84 bits per heavy atom. The van der Waals surface area contributed by atoms with Crippen molar-refractivity contribution in [1.29, 1.82) is 0 Å². The molecule has 0 bridgehead atoms. The molecule has 0 fully saturated rings. The Labute approximate surface area is 144 Å². The van der Waals surface area contributed by atoms with Gasteiger partial charge in [-0.1, -0.05) is 30.3 Å². The quantitative estimate of drug-likeness (QED) is 0.426. The normalized spacial score (nSPS) is 11.7. The van der Waals surface area contributed by atoms with E-state index in [9.17, 15) is 13.2 Å². The maximum Gasteiger partial charge on any atom is 0.267 e. The van der Waals surface area contributed by atoms with Gasteiger partial charge >= 0.3 is 0 Å². The molecule has 2 aromatic carbocycles. The van der Waals surface area contributed by atoms with Crippen LogP contribution in [0.25, 0.3) is 17.0 Å². The number of para-hydroxylation sites is 1. The first-order valence-electron chi connectivity index (χ1n) is 7.34. The molecule has 3 aromatic rings. The van der Waals surface area contributed by atoms with Crippen LogP contribution < -0.4 is 5.48 Å². The predicted octanol–water partition coefficient (Wildman–Crippen LogP) is 2.59. The number of nitrogens with zero attached hydrogens (tertiary/aromatic N) is 1. The number of nitrogens with one attached hydrogen (secondary N) is 1. The lowest BCUT2D eigenvalue weighted by atomic mass is 10.2. The summed E-state index contributed by atoms with van der Waals surface area (Å²) in [6.07, 6.45) is 2.50. The highest BCUT2D eigenvalue weighted by Gasteiger charge is 2.19. The second-order valence-electron chi connectivity index (χ2n) is 5.23. The molecule has 1 amide bonds.